The van der Waals surface area contributed by atoms with Crippen LogP contribution in [0.5, 0.6) is 0 Å². The Balaban J connectivity index is 2.28. The second kappa shape index (κ2) is 4.42. The summed E-state index contributed by atoms with van der Waals surface area (Å²) in [6.45, 7) is 4.05. The van der Waals surface area contributed by atoms with E-state index in [1.165, 1.54) is 0 Å². The van der Waals surface area contributed by atoms with Crippen molar-refractivity contribution >= 4 is 0 Å². The van der Waals surface area contributed by atoms with Gasteiger partial charge in [-0.15, -0.1) is 0 Å². The van der Waals surface area contributed by atoms with Gasteiger partial charge in [0.2, 0.25) is 0 Å². The summed E-state index contributed by atoms with van der Waals surface area (Å²) < 4.78 is 2.09. The molecule has 0 amide bonds. The predicted octanol–water partition coefficient (Wildman–Crippen LogP) is 1.88. The summed E-state index contributed by atoms with van der Waals surface area (Å²) in [5.41, 5.74) is 0.857. The van der Waals surface area contributed by atoms with E-state index in [4.69, 9.17) is 0 Å². The lowest BCUT2D eigenvalue weighted by Crippen LogP contribution is -2.29. The van der Waals surface area contributed by atoms with Gasteiger partial charge in [0, 0.05) is 30.1 Å². The van der Waals surface area contributed by atoms with Crippen LogP contribution in [-0.4, -0.2) is 15.8 Å². The number of pyridine rings is 1. The Morgan fingerprint density at radius 2 is 2.19 bits per heavy atom. The molecule has 1 aliphatic carbocycles. The van der Waals surface area contributed by atoms with E-state index >= 15 is 0 Å². The summed E-state index contributed by atoms with van der Waals surface area (Å²) in [6.07, 6.45) is 6.30. The lowest BCUT2D eigenvalue weighted by molar-refractivity contribution is 0.0777. The van der Waals surface area contributed by atoms with E-state index in [9.17, 15) is 9.90 Å². The van der Waals surface area contributed by atoms with Gasteiger partial charge in [-0.2, -0.15) is 0 Å². The third-order valence-corrected chi connectivity index (χ3v) is 3.64. The van der Waals surface area contributed by atoms with Gasteiger partial charge in [0.15, 0.2) is 5.43 Å². The summed E-state index contributed by atoms with van der Waals surface area (Å²) in [6, 6.07) is 1.94. The molecule has 0 aromatic carbocycles. The predicted molar refractivity (Wildman–Crippen MR) is 63.5 cm³/mol. The van der Waals surface area contributed by atoms with Gasteiger partial charge in [0.25, 0.3) is 0 Å². The van der Waals surface area contributed by atoms with E-state index in [2.05, 4.69) is 11.5 Å². The molecular weight excluding hydrogens is 202 g/mol. The molecule has 1 aromatic rings. The maximum absolute atomic E-state index is 11.3. The number of aliphatic hydroxyl groups is 1. The highest BCUT2D eigenvalue weighted by Gasteiger charge is 2.27. The molecule has 16 heavy (non-hydrogen) atoms. The highest BCUT2D eigenvalue weighted by Crippen LogP contribution is 2.33. The molecule has 1 heterocycles. The first-order valence-electron chi connectivity index (χ1n) is 5.94. The Kier molecular flexibility index (Phi) is 3.15. The van der Waals surface area contributed by atoms with Gasteiger partial charge in [0.05, 0.1) is 6.10 Å². The van der Waals surface area contributed by atoms with E-state index in [1.54, 1.807) is 6.07 Å². The molecule has 1 aliphatic rings. The Hall–Kier alpha value is -1.09. The summed E-state index contributed by atoms with van der Waals surface area (Å²) in [7, 11) is 0. The number of aromatic nitrogens is 1. The number of hydrogen-bond acceptors (Lipinski definition) is 2. The van der Waals surface area contributed by atoms with E-state index in [1.807, 2.05) is 19.3 Å². The molecule has 1 saturated carbocycles. The Morgan fingerprint density at radius 1 is 1.44 bits per heavy atom. The average Bonchev–Trinajstić information content (AvgIpc) is 2.26. The minimum Gasteiger partial charge on any atom is -0.393 e. The number of hydrogen-bond donors (Lipinski definition) is 1. The minimum atomic E-state index is -0.194. The zero-order chi connectivity index (χ0) is 11.7. The van der Waals surface area contributed by atoms with Crippen molar-refractivity contribution in [3.05, 3.63) is 34.2 Å². The van der Waals surface area contributed by atoms with Gasteiger partial charge < -0.3 is 9.67 Å². The molecule has 3 heteroatoms. The topological polar surface area (TPSA) is 42.2 Å². The summed E-state index contributed by atoms with van der Waals surface area (Å²) in [4.78, 5) is 11.3. The molecule has 0 spiro atoms. The zero-order valence-electron chi connectivity index (χ0n) is 9.89. The zero-order valence-corrected chi connectivity index (χ0v) is 9.89. The van der Waals surface area contributed by atoms with Gasteiger partial charge in [-0.1, -0.05) is 6.92 Å². The van der Waals surface area contributed by atoms with Crippen LogP contribution in [0.1, 0.15) is 37.8 Å². The Morgan fingerprint density at radius 3 is 2.88 bits per heavy atom. The second-order valence-electron chi connectivity index (χ2n) is 4.95. The third kappa shape index (κ3) is 2.19. The standard InChI is InChI=1S/C13H19NO2/c1-9-3-4-11(15)7-12(9)14-6-5-13(16)10(2)8-14/h5-6,8-9,11-12,15H,3-4,7H2,1-2H3. The molecule has 3 atom stereocenters. The molecule has 1 aromatic heterocycles. The molecular formula is C13H19NO2. The van der Waals surface area contributed by atoms with Crippen molar-refractivity contribution < 1.29 is 5.11 Å². The normalized spacial score (nSPS) is 30.3. The van der Waals surface area contributed by atoms with Crippen molar-refractivity contribution in [1.29, 1.82) is 0 Å². The molecule has 88 valence electrons. The lowest BCUT2D eigenvalue weighted by Gasteiger charge is -2.33. The molecule has 0 saturated heterocycles. The Bertz CT molecular complexity index is 424. The quantitative estimate of drug-likeness (QED) is 0.786. The van der Waals surface area contributed by atoms with Crippen LogP contribution >= 0.6 is 0 Å². The summed E-state index contributed by atoms with van der Waals surface area (Å²) in [5.74, 6) is 0.560. The van der Waals surface area contributed by atoms with Crippen molar-refractivity contribution in [3.8, 4) is 0 Å². The molecule has 0 aliphatic heterocycles. The first-order valence-corrected chi connectivity index (χ1v) is 5.94. The lowest BCUT2D eigenvalue weighted by atomic mass is 9.84. The third-order valence-electron chi connectivity index (χ3n) is 3.64. The van der Waals surface area contributed by atoms with Gasteiger partial charge in [-0.3, -0.25) is 4.79 Å². The first-order chi connectivity index (χ1) is 7.58. The highest BCUT2D eigenvalue weighted by atomic mass is 16.3. The molecule has 1 fully saturated rings. The largest absolute Gasteiger partial charge is 0.393 e. The molecule has 3 nitrogen and oxygen atoms in total. The van der Waals surface area contributed by atoms with Gasteiger partial charge >= 0.3 is 0 Å². The number of aryl methyl sites for hydroxylation is 1. The number of aliphatic hydroxyl groups excluding tert-OH is 1. The van der Waals surface area contributed by atoms with Crippen LogP contribution in [0.25, 0.3) is 0 Å². The number of nitrogens with zero attached hydrogens (tertiary/aromatic N) is 1. The summed E-state index contributed by atoms with van der Waals surface area (Å²) in [5, 5.41) is 9.71. The van der Waals surface area contributed by atoms with Crippen LogP contribution in [0, 0.1) is 12.8 Å². The molecule has 1 N–H and O–H groups in total. The highest BCUT2D eigenvalue weighted by molar-refractivity contribution is 5.09. The molecule has 0 radical (unpaired) electrons. The van der Waals surface area contributed by atoms with Crippen molar-refractivity contribution in [1.82, 2.24) is 4.57 Å². The maximum Gasteiger partial charge on any atom is 0.184 e. The fourth-order valence-electron chi connectivity index (χ4n) is 2.51. The SMILES string of the molecule is Cc1cn(C2CC(O)CCC2C)ccc1=O. The van der Waals surface area contributed by atoms with E-state index in [0.717, 1.165) is 24.8 Å². The van der Waals surface area contributed by atoms with Gasteiger partial charge in [-0.05, 0) is 32.1 Å². The fourth-order valence-corrected chi connectivity index (χ4v) is 2.51. The monoisotopic (exact) mass is 221 g/mol. The second-order valence-corrected chi connectivity index (χ2v) is 4.95. The average molecular weight is 221 g/mol. The first kappa shape index (κ1) is 11.4. The van der Waals surface area contributed by atoms with E-state index < -0.39 is 0 Å². The molecule has 0 bridgehead atoms. The van der Waals surface area contributed by atoms with Crippen molar-refractivity contribution in [2.45, 2.75) is 45.3 Å². The van der Waals surface area contributed by atoms with Crippen LogP contribution in [-0.2, 0) is 0 Å². The van der Waals surface area contributed by atoms with Crippen molar-refractivity contribution in [2.24, 2.45) is 5.92 Å². The van der Waals surface area contributed by atoms with Crippen molar-refractivity contribution in [3.63, 3.8) is 0 Å². The van der Waals surface area contributed by atoms with Gasteiger partial charge in [-0.25, -0.2) is 0 Å². The molecule has 3 unspecified atom stereocenters. The van der Waals surface area contributed by atoms with Crippen molar-refractivity contribution in [2.75, 3.05) is 0 Å². The summed E-state index contributed by atoms with van der Waals surface area (Å²) >= 11 is 0. The van der Waals surface area contributed by atoms with E-state index in [0.29, 0.717) is 12.0 Å². The molecule has 2 rings (SSSR count). The van der Waals surface area contributed by atoms with Crippen LogP contribution < -0.4 is 5.43 Å². The minimum absolute atomic E-state index is 0.0836. The smallest absolute Gasteiger partial charge is 0.184 e. The fraction of sp³-hybridized carbons (Fsp3) is 0.615. The Labute approximate surface area is 95.7 Å². The number of rotatable bonds is 1. The van der Waals surface area contributed by atoms with Crippen LogP contribution in [0.4, 0.5) is 0 Å². The van der Waals surface area contributed by atoms with Crippen LogP contribution in [0.15, 0.2) is 23.3 Å². The van der Waals surface area contributed by atoms with Gasteiger partial charge in [0.1, 0.15) is 0 Å². The van der Waals surface area contributed by atoms with E-state index in [-0.39, 0.29) is 11.5 Å². The maximum atomic E-state index is 11.3. The van der Waals surface area contributed by atoms with Crippen LogP contribution in [0.3, 0.4) is 0 Å². The van der Waals surface area contributed by atoms with Crippen LogP contribution in [0.2, 0.25) is 0 Å².